The Balaban J connectivity index is 0.692. The van der Waals surface area contributed by atoms with Gasteiger partial charge in [-0.15, -0.1) is 0 Å². The summed E-state index contributed by atoms with van der Waals surface area (Å²) in [5.74, 6) is 7.01. The molecule has 19 heteroatoms. The third kappa shape index (κ3) is 11.0. The molecule has 2 aliphatic carbocycles. The third-order valence-electron chi connectivity index (χ3n) is 12.7. The van der Waals surface area contributed by atoms with Crippen LogP contribution in [0.25, 0.3) is 11.5 Å². The molecule has 5 fully saturated rings. The summed E-state index contributed by atoms with van der Waals surface area (Å²) in [6.07, 6.45) is 6.63. The highest BCUT2D eigenvalue weighted by Gasteiger charge is 2.42. The van der Waals surface area contributed by atoms with E-state index in [2.05, 4.69) is 53.1 Å². The van der Waals surface area contributed by atoms with Crippen molar-refractivity contribution in [2.24, 2.45) is 11.8 Å². The van der Waals surface area contributed by atoms with Gasteiger partial charge in [0.2, 0.25) is 17.7 Å². The van der Waals surface area contributed by atoms with Crippen LogP contribution in [0.3, 0.4) is 0 Å². The van der Waals surface area contributed by atoms with E-state index in [1.165, 1.54) is 30.2 Å². The highest BCUT2D eigenvalue weighted by Crippen LogP contribution is 2.35. The standard InChI is InChI=1S/C46H52F2N10O7/c47-42(48)41-35(52-43(60)36-27-64-45(53-36)32-15-16-50-39(20-32)51-22-30-3-4-30)25-58(55-41)33-11-7-29(8-12-33)21-49-23-34-24-56(18-19-63-34)17-1-2-28-5-9-31(10-6-28)38-26-57(46(62)65-38)37-13-14-40(59)54-44(37)61/h5-6,9-10,15-16,20,25,27,29-30,33-34,37-38,42,49H,3-4,7-8,11-14,17-19,21-24,26H2,(H,50,51)(H,52,60)(H,54,59,61)/t29?,33?,34-,37?,38+/m0/s1. The molecule has 3 saturated heterocycles. The van der Waals surface area contributed by atoms with E-state index < -0.39 is 42.2 Å². The number of oxazole rings is 1. The van der Waals surface area contributed by atoms with Crippen LogP contribution in [0.1, 0.15) is 97.2 Å². The van der Waals surface area contributed by atoms with Gasteiger partial charge in [0.05, 0.1) is 37.5 Å². The van der Waals surface area contributed by atoms with E-state index in [1.54, 1.807) is 23.0 Å². The summed E-state index contributed by atoms with van der Waals surface area (Å²) >= 11 is 0. The zero-order valence-corrected chi connectivity index (χ0v) is 35.8. The zero-order valence-electron chi connectivity index (χ0n) is 35.8. The SMILES string of the molecule is O=C1CCC(N2C[C@H](c3ccc(C#CCN4CCO[C@@H](CNCC5CCC(n6cc(NC(=O)c7coc(-c8ccnc(NCC9CC9)c8)n7)c(C(F)F)n6)CC5)C4)cc3)OC2=O)C(=O)N1. The van der Waals surface area contributed by atoms with Crippen LogP contribution in [-0.2, 0) is 19.1 Å². The van der Waals surface area contributed by atoms with Crippen molar-refractivity contribution in [2.45, 2.75) is 82.1 Å². The average molecular weight is 895 g/mol. The Morgan fingerprint density at radius 2 is 1.77 bits per heavy atom. The fourth-order valence-electron chi connectivity index (χ4n) is 8.81. The quantitative estimate of drug-likeness (QED) is 0.0885. The van der Waals surface area contributed by atoms with Gasteiger partial charge in [-0.05, 0) is 93.2 Å². The van der Waals surface area contributed by atoms with Crippen molar-refractivity contribution in [1.29, 1.82) is 0 Å². The fourth-order valence-corrected chi connectivity index (χ4v) is 8.81. The number of piperidine rings is 1. The van der Waals surface area contributed by atoms with Gasteiger partial charge in [-0.3, -0.25) is 34.2 Å². The van der Waals surface area contributed by atoms with Gasteiger partial charge in [0.15, 0.2) is 11.4 Å². The fraction of sp³-hybridized carbons (Fsp3) is 0.500. The van der Waals surface area contributed by atoms with E-state index in [9.17, 15) is 28.0 Å². The number of hydrogen-bond donors (Lipinski definition) is 4. The number of nitrogens with one attached hydrogen (secondary N) is 4. The maximum atomic E-state index is 14.2. The minimum absolute atomic E-state index is 0.0201. The lowest BCUT2D eigenvalue weighted by molar-refractivity contribution is -0.136. The van der Waals surface area contributed by atoms with Gasteiger partial charge >= 0.3 is 6.09 Å². The van der Waals surface area contributed by atoms with E-state index in [0.29, 0.717) is 42.9 Å². The van der Waals surface area contributed by atoms with Crippen LogP contribution in [0, 0.1) is 23.7 Å². The molecule has 3 aromatic heterocycles. The van der Waals surface area contributed by atoms with Gasteiger partial charge in [0.1, 0.15) is 24.2 Å². The highest BCUT2D eigenvalue weighted by molar-refractivity contribution is 6.03. The molecule has 4 amide bonds. The Morgan fingerprint density at radius 1 is 0.969 bits per heavy atom. The number of hydrogen-bond acceptors (Lipinski definition) is 13. The zero-order chi connectivity index (χ0) is 44.9. The number of alkyl halides is 2. The van der Waals surface area contributed by atoms with Gasteiger partial charge in [-0.2, -0.15) is 5.10 Å². The van der Waals surface area contributed by atoms with Gasteiger partial charge in [-0.1, -0.05) is 24.0 Å². The Morgan fingerprint density at radius 3 is 2.55 bits per heavy atom. The Hall–Kier alpha value is -6.23. The van der Waals surface area contributed by atoms with Crippen LogP contribution in [0.15, 0.2) is 59.5 Å². The lowest BCUT2D eigenvalue weighted by Crippen LogP contribution is -2.52. The summed E-state index contributed by atoms with van der Waals surface area (Å²) in [5.41, 5.74) is 1.71. The van der Waals surface area contributed by atoms with E-state index in [-0.39, 0.29) is 54.7 Å². The summed E-state index contributed by atoms with van der Waals surface area (Å²) in [6, 6.07) is 10.3. The molecule has 3 aliphatic heterocycles. The number of carbonyl (C=O) groups is 4. The molecular formula is C46H52F2N10O7. The largest absolute Gasteiger partial charge is 0.444 e. The Kier molecular flexibility index (Phi) is 13.5. The van der Waals surface area contributed by atoms with Crippen molar-refractivity contribution < 1.29 is 41.8 Å². The first-order valence-electron chi connectivity index (χ1n) is 22.4. The molecule has 17 nitrogen and oxygen atoms in total. The van der Waals surface area contributed by atoms with Crippen molar-refractivity contribution in [2.75, 3.05) is 63.1 Å². The maximum absolute atomic E-state index is 14.2. The second-order valence-electron chi connectivity index (χ2n) is 17.4. The molecule has 3 atom stereocenters. The Bertz CT molecular complexity index is 2420. The first kappa shape index (κ1) is 44.0. The van der Waals surface area contributed by atoms with Crippen LogP contribution in [0.5, 0.6) is 0 Å². The smallest absolute Gasteiger partial charge is 0.411 e. The number of amides is 4. The van der Waals surface area contributed by atoms with Crippen LogP contribution in [0.2, 0.25) is 0 Å². The number of morpholine rings is 1. The van der Waals surface area contributed by atoms with Crippen molar-refractivity contribution in [3.63, 3.8) is 0 Å². The van der Waals surface area contributed by atoms with Crippen LogP contribution in [0.4, 0.5) is 25.1 Å². The summed E-state index contributed by atoms with van der Waals surface area (Å²) in [7, 11) is 0. The molecule has 0 spiro atoms. The summed E-state index contributed by atoms with van der Waals surface area (Å²) in [6.45, 7) is 5.32. The monoisotopic (exact) mass is 894 g/mol. The molecule has 0 bridgehead atoms. The number of pyridine rings is 1. The molecule has 1 aromatic carbocycles. The van der Waals surface area contributed by atoms with E-state index in [1.807, 2.05) is 24.3 Å². The number of benzene rings is 1. The van der Waals surface area contributed by atoms with Crippen molar-refractivity contribution >= 4 is 35.3 Å². The van der Waals surface area contributed by atoms with Gasteiger partial charge in [-0.25, -0.2) is 23.5 Å². The van der Waals surface area contributed by atoms with Gasteiger partial charge in [0, 0.05) is 56.1 Å². The molecule has 4 N–H and O–H groups in total. The molecule has 4 aromatic rings. The van der Waals surface area contributed by atoms with Crippen molar-refractivity contribution in [1.82, 2.24) is 40.2 Å². The molecular weight excluding hydrogens is 843 g/mol. The normalized spacial score (nSPS) is 23.8. The molecule has 1 unspecified atom stereocenters. The minimum atomic E-state index is -2.88. The second kappa shape index (κ2) is 19.9. The van der Waals surface area contributed by atoms with E-state index in [4.69, 9.17) is 13.9 Å². The molecule has 342 valence electrons. The molecule has 5 aliphatic rings. The first-order valence-corrected chi connectivity index (χ1v) is 22.4. The number of halogens is 2. The third-order valence-corrected chi connectivity index (χ3v) is 12.7. The van der Waals surface area contributed by atoms with Crippen LogP contribution in [-0.4, -0.2) is 118 Å². The average Bonchev–Trinajstić information content (AvgIpc) is 3.62. The molecule has 6 heterocycles. The first-order chi connectivity index (χ1) is 31.6. The Labute approximate surface area is 374 Å². The van der Waals surface area contributed by atoms with Crippen molar-refractivity contribution in [3.8, 4) is 23.3 Å². The maximum Gasteiger partial charge on any atom is 0.411 e. The summed E-state index contributed by atoms with van der Waals surface area (Å²) in [5, 5.41) is 16.0. The number of anilines is 2. The highest BCUT2D eigenvalue weighted by atomic mass is 19.3. The second-order valence-corrected chi connectivity index (χ2v) is 17.4. The molecule has 65 heavy (non-hydrogen) atoms. The van der Waals surface area contributed by atoms with E-state index >= 15 is 0 Å². The number of nitrogens with zero attached hydrogens (tertiary/aromatic N) is 6. The van der Waals surface area contributed by atoms with Crippen LogP contribution >= 0.6 is 0 Å². The van der Waals surface area contributed by atoms with Gasteiger partial charge in [0.25, 0.3) is 12.3 Å². The van der Waals surface area contributed by atoms with Gasteiger partial charge < -0.3 is 29.8 Å². The number of aromatic nitrogens is 4. The lowest BCUT2D eigenvalue weighted by atomic mass is 9.86. The number of ether oxygens (including phenoxy) is 2. The predicted molar refractivity (Wildman–Crippen MR) is 232 cm³/mol. The topological polar surface area (TPSA) is 198 Å². The summed E-state index contributed by atoms with van der Waals surface area (Å²) < 4.78 is 47.1. The van der Waals surface area contributed by atoms with E-state index in [0.717, 1.165) is 63.0 Å². The number of imide groups is 1. The number of carbonyl (C=O) groups excluding carboxylic acids is 4. The minimum Gasteiger partial charge on any atom is -0.444 e. The number of cyclic esters (lactones) is 1. The number of rotatable bonds is 15. The lowest BCUT2D eigenvalue weighted by Gasteiger charge is -2.33. The van der Waals surface area contributed by atoms with Crippen molar-refractivity contribution in [3.05, 3.63) is 77.6 Å². The van der Waals surface area contributed by atoms with Crippen LogP contribution < -0.4 is 21.3 Å². The molecule has 9 rings (SSSR count). The molecule has 0 radical (unpaired) electrons. The molecule has 2 saturated carbocycles. The summed E-state index contributed by atoms with van der Waals surface area (Å²) in [4.78, 5) is 61.8. The predicted octanol–water partition coefficient (Wildman–Crippen LogP) is 5.32.